The van der Waals surface area contributed by atoms with Crippen molar-refractivity contribution in [3.63, 3.8) is 0 Å². The van der Waals surface area contributed by atoms with Crippen LogP contribution in [0, 0.1) is 11.6 Å². The monoisotopic (exact) mass is 302 g/mol. The summed E-state index contributed by atoms with van der Waals surface area (Å²) in [5.74, 6) is 2.51. The van der Waals surface area contributed by atoms with Gasteiger partial charge in [0, 0.05) is 17.5 Å². The summed E-state index contributed by atoms with van der Waals surface area (Å²) >= 11 is 5.38. The van der Waals surface area contributed by atoms with Gasteiger partial charge in [-0.15, -0.1) is 0 Å². The summed E-state index contributed by atoms with van der Waals surface area (Å²) in [4.78, 5) is 7.84. The smallest absolute Gasteiger partial charge is 0.162 e. The van der Waals surface area contributed by atoms with Gasteiger partial charge in [-0.3, -0.25) is 0 Å². The molecule has 0 unspecified atom stereocenters. The van der Waals surface area contributed by atoms with Gasteiger partial charge in [-0.05, 0) is 31.5 Å². The molecule has 3 rings (SSSR count). The number of H-pyrrole nitrogens is 1. The highest BCUT2D eigenvalue weighted by Gasteiger charge is 2.14. The molecular formula is C16H18N2O2S. The maximum atomic E-state index is 5.65. The van der Waals surface area contributed by atoms with E-state index in [4.69, 9.17) is 21.7 Å². The molecule has 1 aliphatic heterocycles. The van der Waals surface area contributed by atoms with E-state index in [1.165, 1.54) is 0 Å². The zero-order chi connectivity index (χ0) is 14.8. The van der Waals surface area contributed by atoms with Crippen molar-refractivity contribution < 1.29 is 9.47 Å². The van der Waals surface area contributed by atoms with E-state index in [9.17, 15) is 0 Å². The number of aromatic nitrogens is 2. The van der Waals surface area contributed by atoms with E-state index in [0.29, 0.717) is 17.9 Å². The van der Waals surface area contributed by atoms with E-state index in [1.807, 2.05) is 25.1 Å². The van der Waals surface area contributed by atoms with Crippen LogP contribution < -0.4 is 9.47 Å². The van der Waals surface area contributed by atoms with Crippen LogP contribution in [0.15, 0.2) is 18.2 Å². The van der Waals surface area contributed by atoms with Crippen molar-refractivity contribution in [1.29, 1.82) is 0 Å². The van der Waals surface area contributed by atoms with Gasteiger partial charge in [-0.2, -0.15) is 0 Å². The van der Waals surface area contributed by atoms with E-state index in [-0.39, 0.29) is 0 Å². The predicted octanol–water partition coefficient (Wildman–Crippen LogP) is 3.84. The standard InChI is InChI=1S/C16H18N2O2S/c1-3-4-14-17-15(10(2)16(21)18-14)11-5-6-12-13(9-11)20-8-7-19-12/h5-6,9H,3-4,7-8H2,1-2H3,(H,17,18,21). The lowest BCUT2D eigenvalue weighted by Gasteiger charge is -2.19. The Hall–Kier alpha value is -1.88. The number of ether oxygens (including phenoxy) is 2. The molecule has 4 nitrogen and oxygen atoms in total. The minimum Gasteiger partial charge on any atom is -0.486 e. The number of aromatic amines is 1. The Kier molecular flexibility index (Phi) is 3.92. The number of nitrogens with one attached hydrogen (secondary N) is 1. The molecule has 0 fully saturated rings. The van der Waals surface area contributed by atoms with E-state index in [2.05, 4.69) is 16.9 Å². The third-order valence-electron chi connectivity index (χ3n) is 3.52. The molecule has 0 amide bonds. The number of nitrogens with zero attached hydrogens (tertiary/aromatic N) is 1. The molecule has 0 saturated heterocycles. The van der Waals surface area contributed by atoms with Gasteiger partial charge in [-0.1, -0.05) is 19.1 Å². The van der Waals surface area contributed by atoms with Crippen LogP contribution in [0.1, 0.15) is 24.7 Å². The minimum absolute atomic E-state index is 0.586. The van der Waals surface area contributed by atoms with Crippen molar-refractivity contribution in [2.24, 2.45) is 0 Å². The predicted molar refractivity (Wildman–Crippen MR) is 84.6 cm³/mol. The number of benzene rings is 1. The largest absolute Gasteiger partial charge is 0.486 e. The molecule has 1 aromatic carbocycles. The molecular weight excluding hydrogens is 284 g/mol. The molecule has 1 aromatic heterocycles. The number of rotatable bonds is 3. The molecule has 0 aliphatic carbocycles. The molecule has 2 heterocycles. The fourth-order valence-corrected chi connectivity index (χ4v) is 2.63. The van der Waals surface area contributed by atoms with Crippen LogP contribution in [0.25, 0.3) is 11.3 Å². The Bertz CT molecular complexity index is 725. The second kappa shape index (κ2) is 5.85. The number of hydrogen-bond acceptors (Lipinski definition) is 4. The molecule has 0 saturated carbocycles. The highest BCUT2D eigenvalue weighted by atomic mass is 32.1. The SMILES string of the molecule is CCCc1nc(=S)c(C)c(-c2ccc3c(c2)OCCO3)[nH]1. The van der Waals surface area contributed by atoms with Crippen LogP contribution in [0.2, 0.25) is 0 Å². The van der Waals surface area contributed by atoms with Crippen molar-refractivity contribution >= 4 is 12.2 Å². The van der Waals surface area contributed by atoms with Gasteiger partial charge in [0.1, 0.15) is 23.7 Å². The van der Waals surface area contributed by atoms with E-state index in [0.717, 1.165) is 47.0 Å². The Labute approximate surface area is 129 Å². The van der Waals surface area contributed by atoms with Gasteiger partial charge in [0.05, 0.1) is 5.69 Å². The second-order valence-electron chi connectivity index (χ2n) is 5.10. The minimum atomic E-state index is 0.586. The van der Waals surface area contributed by atoms with E-state index < -0.39 is 0 Å². The summed E-state index contributed by atoms with van der Waals surface area (Å²) in [5.41, 5.74) is 3.04. The van der Waals surface area contributed by atoms with Gasteiger partial charge in [-0.25, -0.2) is 4.98 Å². The average Bonchev–Trinajstić information content (AvgIpc) is 2.50. The lowest BCUT2D eigenvalue weighted by molar-refractivity contribution is 0.171. The van der Waals surface area contributed by atoms with Crippen LogP contribution in [-0.2, 0) is 6.42 Å². The Morgan fingerprint density at radius 3 is 2.76 bits per heavy atom. The Balaban J connectivity index is 2.09. The van der Waals surface area contributed by atoms with Gasteiger partial charge in [0.25, 0.3) is 0 Å². The molecule has 2 aromatic rings. The number of hydrogen-bond donors (Lipinski definition) is 1. The third kappa shape index (κ3) is 2.78. The molecule has 0 spiro atoms. The highest BCUT2D eigenvalue weighted by molar-refractivity contribution is 7.71. The molecule has 0 atom stereocenters. The van der Waals surface area contributed by atoms with E-state index in [1.54, 1.807) is 0 Å². The maximum Gasteiger partial charge on any atom is 0.162 e. The molecule has 1 N–H and O–H groups in total. The highest BCUT2D eigenvalue weighted by Crippen LogP contribution is 2.34. The molecule has 110 valence electrons. The fraction of sp³-hybridized carbons (Fsp3) is 0.375. The Morgan fingerprint density at radius 1 is 1.24 bits per heavy atom. The molecule has 1 aliphatic rings. The van der Waals surface area contributed by atoms with E-state index >= 15 is 0 Å². The first-order chi connectivity index (χ1) is 10.2. The third-order valence-corrected chi connectivity index (χ3v) is 3.92. The zero-order valence-corrected chi connectivity index (χ0v) is 13.0. The van der Waals surface area contributed by atoms with Crippen molar-refractivity contribution in [2.45, 2.75) is 26.7 Å². The average molecular weight is 302 g/mol. The Morgan fingerprint density at radius 2 is 2.00 bits per heavy atom. The number of fused-ring (bicyclic) bond motifs is 1. The summed E-state index contributed by atoms with van der Waals surface area (Å²) in [6.07, 6.45) is 1.92. The second-order valence-corrected chi connectivity index (χ2v) is 5.48. The number of aryl methyl sites for hydroxylation is 1. The molecule has 5 heteroatoms. The topological polar surface area (TPSA) is 47.1 Å². The van der Waals surface area contributed by atoms with Gasteiger partial charge < -0.3 is 14.5 Å². The molecule has 21 heavy (non-hydrogen) atoms. The summed E-state index contributed by atoms with van der Waals surface area (Å²) in [6, 6.07) is 5.97. The first kappa shape index (κ1) is 14.1. The van der Waals surface area contributed by atoms with Gasteiger partial charge >= 0.3 is 0 Å². The quantitative estimate of drug-likeness (QED) is 0.875. The van der Waals surface area contributed by atoms with Crippen LogP contribution in [0.3, 0.4) is 0 Å². The van der Waals surface area contributed by atoms with Crippen LogP contribution in [-0.4, -0.2) is 23.2 Å². The van der Waals surface area contributed by atoms with Gasteiger partial charge in [0.15, 0.2) is 11.5 Å². The first-order valence-corrected chi connectivity index (χ1v) is 7.59. The van der Waals surface area contributed by atoms with Crippen molar-refractivity contribution in [3.05, 3.63) is 34.2 Å². The molecule has 0 bridgehead atoms. The lowest BCUT2D eigenvalue weighted by Crippen LogP contribution is -2.15. The van der Waals surface area contributed by atoms with Crippen molar-refractivity contribution in [3.8, 4) is 22.8 Å². The summed E-state index contributed by atoms with van der Waals surface area (Å²) in [6.45, 7) is 5.31. The fourth-order valence-electron chi connectivity index (χ4n) is 2.42. The van der Waals surface area contributed by atoms with Crippen molar-refractivity contribution in [2.75, 3.05) is 13.2 Å². The summed E-state index contributed by atoms with van der Waals surface area (Å²) in [7, 11) is 0. The maximum absolute atomic E-state index is 5.65. The van der Waals surface area contributed by atoms with Crippen LogP contribution in [0.5, 0.6) is 11.5 Å². The summed E-state index contributed by atoms with van der Waals surface area (Å²) in [5, 5.41) is 0. The van der Waals surface area contributed by atoms with Gasteiger partial charge in [0.2, 0.25) is 0 Å². The van der Waals surface area contributed by atoms with Crippen LogP contribution in [0.4, 0.5) is 0 Å². The van der Waals surface area contributed by atoms with Crippen molar-refractivity contribution in [1.82, 2.24) is 9.97 Å². The van der Waals surface area contributed by atoms with Crippen LogP contribution >= 0.6 is 12.2 Å². The summed E-state index contributed by atoms with van der Waals surface area (Å²) < 4.78 is 11.9. The first-order valence-electron chi connectivity index (χ1n) is 7.19. The lowest BCUT2D eigenvalue weighted by atomic mass is 10.1. The zero-order valence-electron chi connectivity index (χ0n) is 12.2. The molecule has 0 radical (unpaired) electrons. The normalized spacial score (nSPS) is 13.2.